The van der Waals surface area contributed by atoms with Crippen molar-refractivity contribution in [1.29, 1.82) is 0 Å². The summed E-state index contributed by atoms with van der Waals surface area (Å²) in [6.07, 6.45) is 1.41. The van der Waals surface area contributed by atoms with Gasteiger partial charge >= 0.3 is 0 Å². The third kappa shape index (κ3) is 3.54. The van der Waals surface area contributed by atoms with Crippen molar-refractivity contribution in [3.63, 3.8) is 0 Å². The molecule has 0 aliphatic rings. The average molecular weight is 355 g/mol. The first-order chi connectivity index (χ1) is 12.0. The van der Waals surface area contributed by atoms with Crippen LogP contribution in [-0.2, 0) is 0 Å². The second kappa shape index (κ2) is 6.78. The molecule has 0 amide bonds. The molecule has 0 spiro atoms. The Kier molecular flexibility index (Phi) is 4.54. The maximum absolute atomic E-state index is 12.6. The normalized spacial score (nSPS) is 11.1. The molecular weight excluding hydrogens is 342 g/mol. The average Bonchev–Trinajstić information content (AvgIpc) is 2.88. The minimum Gasteiger partial charge on any atom is -0.545 e. The minimum absolute atomic E-state index is 0.0269. The topological polar surface area (TPSA) is 90.3 Å². The summed E-state index contributed by atoms with van der Waals surface area (Å²) in [5.74, 6) is -1.28. The van der Waals surface area contributed by atoms with Crippen LogP contribution in [0.25, 0.3) is 5.69 Å². The molecule has 0 bridgehead atoms. The first-order valence-corrected chi connectivity index (χ1v) is 7.76. The lowest BCUT2D eigenvalue weighted by Crippen LogP contribution is -2.21. The van der Waals surface area contributed by atoms with Gasteiger partial charge in [-0.25, -0.2) is 4.68 Å². The molecule has 3 rings (SSSR count). The van der Waals surface area contributed by atoms with Crippen LogP contribution in [0.4, 0.5) is 5.69 Å². The summed E-state index contributed by atoms with van der Waals surface area (Å²) in [6.45, 7) is 1.76. The van der Waals surface area contributed by atoms with Gasteiger partial charge in [-0.1, -0.05) is 23.7 Å². The third-order valence-corrected chi connectivity index (χ3v) is 3.88. The molecule has 0 aliphatic heterocycles. The Morgan fingerprint density at radius 1 is 1.24 bits per heavy atom. The van der Waals surface area contributed by atoms with E-state index in [2.05, 4.69) is 10.1 Å². The van der Waals surface area contributed by atoms with Gasteiger partial charge in [0, 0.05) is 16.9 Å². The summed E-state index contributed by atoms with van der Waals surface area (Å²) in [5.41, 5.74) is 1.85. The van der Waals surface area contributed by atoms with E-state index in [0.717, 1.165) is 0 Å². The Hall–Kier alpha value is -3.12. The number of halogens is 1. The molecule has 1 heterocycles. The first kappa shape index (κ1) is 16.7. The molecule has 0 fully saturated rings. The summed E-state index contributed by atoms with van der Waals surface area (Å²) in [5, 5.41) is 14.4. The van der Waals surface area contributed by atoms with E-state index < -0.39 is 5.97 Å². The van der Waals surface area contributed by atoms with Gasteiger partial charge < -0.3 is 9.90 Å². The lowest BCUT2D eigenvalue weighted by atomic mass is 10.2. The molecule has 25 heavy (non-hydrogen) atoms. The maximum atomic E-state index is 12.6. The zero-order valence-electron chi connectivity index (χ0n) is 13.2. The molecule has 7 heteroatoms. The fourth-order valence-electron chi connectivity index (χ4n) is 2.34. The van der Waals surface area contributed by atoms with Crippen LogP contribution in [0.3, 0.4) is 0 Å². The fourth-order valence-corrected chi connectivity index (χ4v) is 2.46. The van der Waals surface area contributed by atoms with Crippen LogP contribution in [0.2, 0.25) is 5.02 Å². The van der Waals surface area contributed by atoms with E-state index in [0.29, 0.717) is 27.7 Å². The number of aromatic amines is 1. The number of aromatic nitrogens is 2. The monoisotopic (exact) mass is 354 g/mol. The third-order valence-electron chi connectivity index (χ3n) is 3.63. The molecule has 0 saturated carbocycles. The standard InChI is InChI=1S/C18H14ClN3O3/c1-11-16(10-20-14-4-2-3-12(9-14)18(24)25)17(23)22(21-11)15-7-5-13(19)6-8-15/h2-10,21H,1H3,(H,24,25)/p-1. The molecule has 6 nitrogen and oxygen atoms in total. The number of carbonyl (C=O) groups is 1. The van der Waals surface area contributed by atoms with Crippen molar-refractivity contribution in [3.8, 4) is 5.69 Å². The van der Waals surface area contributed by atoms with Crippen LogP contribution in [0.1, 0.15) is 21.6 Å². The number of carboxylic acid groups (broad SMARTS) is 1. The van der Waals surface area contributed by atoms with Gasteiger partial charge in [-0.3, -0.25) is 14.9 Å². The van der Waals surface area contributed by atoms with E-state index >= 15 is 0 Å². The molecular formula is C18H13ClN3O3-. The number of carboxylic acids is 1. The van der Waals surface area contributed by atoms with E-state index in [1.807, 2.05) is 0 Å². The predicted molar refractivity (Wildman–Crippen MR) is 94.2 cm³/mol. The first-order valence-electron chi connectivity index (χ1n) is 7.39. The number of hydrogen-bond acceptors (Lipinski definition) is 4. The molecule has 0 atom stereocenters. The van der Waals surface area contributed by atoms with Gasteiger partial charge in [0.05, 0.1) is 22.9 Å². The molecule has 126 valence electrons. The molecule has 1 aromatic heterocycles. The SMILES string of the molecule is Cc1[nH]n(-c2ccc(Cl)cc2)c(=O)c1C=Nc1cccc(C(=O)[O-])c1. The van der Waals surface area contributed by atoms with Crippen molar-refractivity contribution in [1.82, 2.24) is 9.78 Å². The van der Waals surface area contributed by atoms with Gasteiger partial charge in [0.2, 0.25) is 0 Å². The summed E-state index contributed by atoms with van der Waals surface area (Å²) in [4.78, 5) is 27.7. The molecule has 0 unspecified atom stereocenters. The van der Waals surface area contributed by atoms with E-state index in [9.17, 15) is 14.7 Å². The van der Waals surface area contributed by atoms with E-state index in [-0.39, 0.29) is 11.1 Å². The molecule has 1 N–H and O–H groups in total. The largest absolute Gasteiger partial charge is 0.545 e. The van der Waals surface area contributed by atoms with Crippen LogP contribution in [0, 0.1) is 6.92 Å². The van der Waals surface area contributed by atoms with Crippen molar-refractivity contribution >= 4 is 29.5 Å². The van der Waals surface area contributed by atoms with Crippen molar-refractivity contribution in [2.24, 2.45) is 4.99 Å². The predicted octanol–water partition coefficient (Wildman–Crippen LogP) is 2.24. The van der Waals surface area contributed by atoms with Crippen molar-refractivity contribution in [2.75, 3.05) is 0 Å². The van der Waals surface area contributed by atoms with Crippen LogP contribution in [-0.4, -0.2) is 22.0 Å². The Morgan fingerprint density at radius 2 is 1.96 bits per heavy atom. The number of aromatic carboxylic acids is 1. The summed E-state index contributed by atoms with van der Waals surface area (Å²) < 4.78 is 1.39. The summed E-state index contributed by atoms with van der Waals surface area (Å²) in [6, 6.07) is 12.8. The molecule has 2 aromatic carbocycles. The number of carbonyl (C=O) groups excluding carboxylic acids is 1. The summed E-state index contributed by atoms with van der Waals surface area (Å²) >= 11 is 5.86. The van der Waals surface area contributed by atoms with Gasteiger partial charge in [-0.05, 0) is 48.9 Å². The smallest absolute Gasteiger partial charge is 0.280 e. The highest BCUT2D eigenvalue weighted by atomic mass is 35.5. The number of H-pyrrole nitrogens is 1. The number of benzene rings is 2. The zero-order chi connectivity index (χ0) is 18.0. The van der Waals surface area contributed by atoms with Crippen LogP contribution in [0.5, 0.6) is 0 Å². The van der Waals surface area contributed by atoms with Crippen molar-refractivity contribution in [3.05, 3.63) is 80.7 Å². The highest BCUT2D eigenvalue weighted by Crippen LogP contribution is 2.15. The van der Waals surface area contributed by atoms with Gasteiger partial charge in [0.1, 0.15) is 0 Å². The summed E-state index contributed by atoms with van der Waals surface area (Å²) in [7, 11) is 0. The van der Waals surface area contributed by atoms with Gasteiger partial charge in [-0.2, -0.15) is 0 Å². The Labute approximate surface area is 148 Å². The Bertz CT molecular complexity index is 1020. The van der Waals surface area contributed by atoms with E-state index in [1.165, 1.54) is 23.0 Å². The Balaban J connectivity index is 1.96. The highest BCUT2D eigenvalue weighted by Gasteiger charge is 2.10. The zero-order valence-corrected chi connectivity index (χ0v) is 13.9. The molecule has 0 aliphatic carbocycles. The number of aliphatic imine (C=N–C) groups is 1. The number of hydrogen-bond donors (Lipinski definition) is 1. The lowest BCUT2D eigenvalue weighted by Gasteiger charge is -2.02. The van der Waals surface area contributed by atoms with Crippen LogP contribution >= 0.6 is 11.6 Å². The second-order valence-corrected chi connectivity index (χ2v) is 5.80. The van der Waals surface area contributed by atoms with E-state index in [4.69, 9.17) is 11.6 Å². The number of rotatable bonds is 4. The molecule has 0 radical (unpaired) electrons. The van der Waals surface area contributed by atoms with Crippen molar-refractivity contribution in [2.45, 2.75) is 6.92 Å². The van der Waals surface area contributed by atoms with Crippen LogP contribution in [0.15, 0.2) is 58.3 Å². The van der Waals surface area contributed by atoms with Gasteiger partial charge in [0.25, 0.3) is 5.56 Å². The number of nitrogens with zero attached hydrogens (tertiary/aromatic N) is 2. The Morgan fingerprint density at radius 3 is 2.64 bits per heavy atom. The second-order valence-electron chi connectivity index (χ2n) is 5.36. The lowest BCUT2D eigenvalue weighted by molar-refractivity contribution is -0.255. The van der Waals surface area contributed by atoms with Gasteiger partial charge in [-0.15, -0.1) is 0 Å². The number of aryl methyl sites for hydroxylation is 1. The van der Waals surface area contributed by atoms with Crippen molar-refractivity contribution < 1.29 is 9.90 Å². The minimum atomic E-state index is -1.28. The number of nitrogens with one attached hydrogen (secondary N) is 1. The van der Waals surface area contributed by atoms with E-state index in [1.54, 1.807) is 43.3 Å². The molecule has 3 aromatic rings. The van der Waals surface area contributed by atoms with Gasteiger partial charge in [0.15, 0.2) is 0 Å². The molecule has 0 saturated heterocycles. The highest BCUT2D eigenvalue weighted by molar-refractivity contribution is 6.30. The fraction of sp³-hybridized carbons (Fsp3) is 0.0556. The van der Waals surface area contributed by atoms with Crippen LogP contribution < -0.4 is 10.7 Å². The maximum Gasteiger partial charge on any atom is 0.280 e. The quantitative estimate of drug-likeness (QED) is 0.728.